The van der Waals surface area contributed by atoms with E-state index in [0.29, 0.717) is 11.1 Å². The zero-order chi connectivity index (χ0) is 14.1. The van der Waals surface area contributed by atoms with Crippen molar-refractivity contribution in [2.45, 2.75) is 54.4 Å². The summed E-state index contributed by atoms with van der Waals surface area (Å²) in [4.78, 5) is 24.4. The molecule has 0 bridgehead atoms. The van der Waals surface area contributed by atoms with Gasteiger partial charge in [0.15, 0.2) is 11.6 Å². The van der Waals surface area contributed by atoms with Crippen LogP contribution in [0.4, 0.5) is 0 Å². The highest BCUT2D eigenvalue weighted by atomic mass is 16.1. The Hall–Kier alpha value is -1.18. The van der Waals surface area contributed by atoms with Crippen molar-refractivity contribution in [2.75, 3.05) is 0 Å². The standard InChI is InChI=1S/C16H24O2/c1-7-15(3,4)13-11(17)9-10-12(18)14(13)16(5,6)8-2/h9-10H,7-8H2,1-6H3. The molecule has 0 aromatic rings. The maximum absolute atomic E-state index is 12.2. The highest BCUT2D eigenvalue weighted by molar-refractivity contribution is 6.21. The SMILES string of the molecule is CCC(C)(C)C1=C(C(C)(C)CC)C(=O)C=CC1=O. The van der Waals surface area contributed by atoms with Crippen LogP contribution < -0.4 is 0 Å². The van der Waals surface area contributed by atoms with E-state index in [2.05, 4.69) is 13.8 Å². The van der Waals surface area contributed by atoms with Crippen LogP contribution in [0.15, 0.2) is 23.3 Å². The molecule has 100 valence electrons. The van der Waals surface area contributed by atoms with Gasteiger partial charge >= 0.3 is 0 Å². The third-order valence-corrected chi connectivity index (χ3v) is 4.25. The highest BCUT2D eigenvalue weighted by Crippen LogP contribution is 2.43. The first-order valence-corrected chi connectivity index (χ1v) is 6.69. The van der Waals surface area contributed by atoms with E-state index in [1.54, 1.807) is 0 Å². The predicted molar refractivity (Wildman–Crippen MR) is 74.3 cm³/mol. The summed E-state index contributed by atoms with van der Waals surface area (Å²) < 4.78 is 0. The molecule has 0 N–H and O–H groups in total. The average molecular weight is 248 g/mol. The lowest BCUT2D eigenvalue weighted by Gasteiger charge is -2.35. The third kappa shape index (κ3) is 2.47. The van der Waals surface area contributed by atoms with Gasteiger partial charge in [-0.05, 0) is 35.8 Å². The quantitative estimate of drug-likeness (QED) is 0.708. The van der Waals surface area contributed by atoms with Gasteiger partial charge in [0.1, 0.15) is 0 Å². The average Bonchev–Trinajstić information content (AvgIpc) is 2.31. The van der Waals surface area contributed by atoms with Gasteiger partial charge in [-0.2, -0.15) is 0 Å². The summed E-state index contributed by atoms with van der Waals surface area (Å²) in [5.41, 5.74) is 0.923. The van der Waals surface area contributed by atoms with E-state index >= 15 is 0 Å². The van der Waals surface area contributed by atoms with E-state index in [4.69, 9.17) is 0 Å². The Morgan fingerprint density at radius 3 is 1.28 bits per heavy atom. The van der Waals surface area contributed by atoms with Crippen molar-refractivity contribution in [3.05, 3.63) is 23.3 Å². The fourth-order valence-corrected chi connectivity index (χ4v) is 2.26. The van der Waals surface area contributed by atoms with Crippen molar-refractivity contribution in [1.82, 2.24) is 0 Å². The minimum absolute atomic E-state index is 0.00187. The monoisotopic (exact) mass is 248 g/mol. The number of ketones is 2. The number of hydrogen-bond acceptors (Lipinski definition) is 2. The smallest absolute Gasteiger partial charge is 0.182 e. The molecule has 0 heterocycles. The van der Waals surface area contributed by atoms with Gasteiger partial charge in [-0.25, -0.2) is 0 Å². The van der Waals surface area contributed by atoms with Crippen molar-refractivity contribution >= 4 is 11.6 Å². The van der Waals surface area contributed by atoms with Gasteiger partial charge in [0.05, 0.1) is 0 Å². The summed E-state index contributed by atoms with van der Waals surface area (Å²) in [5.74, 6) is -0.00375. The maximum atomic E-state index is 12.2. The Morgan fingerprint density at radius 1 is 0.778 bits per heavy atom. The molecule has 0 radical (unpaired) electrons. The first-order chi connectivity index (χ1) is 8.17. The van der Waals surface area contributed by atoms with Crippen LogP contribution >= 0.6 is 0 Å². The lowest BCUT2D eigenvalue weighted by atomic mass is 9.67. The maximum Gasteiger partial charge on any atom is 0.182 e. The molecule has 0 atom stereocenters. The zero-order valence-electron chi connectivity index (χ0n) is 12.4. The molecule has 0 unspecified atom stereocenters. The Balaban J connectivity index is 3.54. The number of hydrogen-bond donors (Lipinski definition) is 0. The molecule has 18 heavy (non-hydrogen) atoms. The molecular formula is C16H24O2. The second-order valence-corrected chi connectivity index (χ2v) is 6.29. The molecule has 1 rings (SSSR count). The minimum Gasteiger partial charge on any atom is -0.290 e. The summed E-state index contributed by atoms with van der Waals surface area (Å²) in [5, 5.41) is 0. The number of allylic oxidation sites excluding steroid dienone is 4. The molecule has 0 spiro atoms. The lowest BCUT2D eigenvalue weighted by Crippen LogP contribution is -2.32. The molecule has 0 aliphatic heterocycles. The molecule has 2 nitrogen and oxygen atoms in total. The van der Waals surface area contributed by atoms with Gasteiger partial charge in [0, 0.05) is 11.1 Å². The first kappa shape index (κ1) is 14.9. The number of carbonyl (C=O) groups is 2. The van der Waals surface area contributed by atoms with Gasteiger partial charge in [-0.15, -0.1) is 0 Å². The molecule has 0 aromatic heterocycles. The van der Waals surface area contributed by atoms with Crippen molar-refractivity contribution in [2.24, 2.45) is 10.8 Å². The Labute approximate surface area is 110 Å². The predicted octanol–water partition coefficient (Wildman–Crippen LogP) is 3.86. The fourth-order valence-electron chi connectivity index (χ4n) is 2.26. The molecule has 0 saturated heterocycles. The van der Waals surface area contributed by atoms with Crippen molar-refractivity contribution in [3.8, 4) is 0 Å². The molecule has 1 aliphatic rings. The van der Waals surface area contributed by atoms with Gasteiger partial charge < -0.3 is 0 Å². The van der Waals surface area contributed by atoms with Crippen molar-refractivity contribution < 1.29 is 9.59 Å². The highest BCUT2D eigenvalue weighted by Gasteiger charge is 2.38. The van der Waals surface area contributed by atoms with Crippen LogP contribution in [0.3, 0.4) is 0 Å². The zero-order valence-corrected chi connectivity index (χ0v) is 12.4. The van der Waals surface area contributed by atoms with Crippen LogP contribution in [0.5, 0.6) is 0 Å². The third-order valence-electron chi connectivity index (χ3n) is 4.25. The summed E-state index contributed by atoms with van der Waals surface area (Å²) in [6.07, 6.45) is 4.53. The largest absolute Gasteiger partial charge is 0.290 e. The van der Waals surface area contributed by atoms with Crippen LogP contribution in [-0.4, -0.2) is 11.6 Å². The Morgan fingerprint density at radius 2 is 1.06 bits per heavy atom. The topological polar surface area (TPSA) is 34.1 Å². The van der Waals surface area contributed by atoms with Gasteiger partial charge in [0.25, 0.3) is 0 Å². The molecule has 0 fully saturated rings. The van der Waals surface area contributed by atoms with Gasteiger partial charge in [-0.3, -0.25) is 9.59 Å². The lowest BCUT2D eigenvalue weighted by molar-refractivity contribution is -0.116. The van der Waals surface area contributed by atoms with Gasteiger partial charge in [-0.1, -0.05) is 41.5 Å². The van der Waals surface area contributed by atoms with Crippen molar-refractivity contribution in [3.63, 3.8) is 0 Å². The summed E-state index contributed by atoms with van der Waals surface area (Å²) in [6, 6.07) is 0. The van der Waals surface area contributed by atoms with Crippen LogP contribution in [0.1, 0.15) is 54.4 Å². The van der Waals surface area contributed by atoms with E-state index < -0.39 is 0 Å². The summed E-state index contributed by atoms with van der Waals surface area (Å²) in [7, 11) is 0. The van der Waals surface area contributed by atoms with Crippen LogP contribution in [0.25, 0.3) is 0 Å². The van der Waals surface area contributed by atoms with Gasteiger partial charge in [0.2, 0.25) is 0 Å². The van der Waals surface area contributed by atoms with Crippen LogP contribution in [0.2, 0.25) is 0 Å². The molecule has 0 amide bonds. The fraction of sp³-hybridized carbons (Fsp3) is 0.625. The summed E-state index contributed by atoms with van der Waals surface area (Å²) >= 11 is 0. The molecular weight excluding hydrogens is 224 g/mol. The molecule has 1 aliphatic carbocycles. The second-order valence-electron chi connectivity index (χ2n) is 6.29. The molecule has 0 saturated carbocycles. The van der Waals surface area contributed by atoms with E-state index in [0.717, 1.165) is 12.8 Å². The second kappa shape index (κ2) is 4.83. The number of carbonyl (C=O) groups excluding carboxylic acids is 2. The Bertz CT molecular complexity index is 394. The van der Waals surface area contributed by atoms with Crippen LogP contribution in [-0.2, 0) is 9.59 Å². The molecule has 0 aromatic carbocycles. The van der Waals surface area contributed by atoms with E-state index in [1.165, 1.54) is 12.2 Å². The number of rotatable bonds is 4. The van der Waals surface area contributed by atoms with E-state index in [9.17, 15) is 9.59 Å². The minimum atomic E-state index is -0.251. The van der Waals surface area contributed by atoms with E-state index in [1.807, 2.05) is 27.7 Å². The summed E-state index contributed by atoms with van der Waals surface area (Å²) in [6.45, 7) is 12.3. The van der Waals surface area contributed by atoms with E-state index in [-0.39, 0.29) is 22.4 Å². The van der Waals surface area contributed by atoms with Crippen LogP contribution in [0, 0.1) is 10.8 Å². The van der Waals surface area contributed by atoms with Crippen molar-refractivity contribution in [1.29, 1.82) is 0 Å². The Kier molecular flexibility index (Phi) is 3.99. The first-order valence-electron chi connectivity index (χ1n) is 6.69. The normalized spacial score (nSPS) is 17.7. The molecule has 2 heteroatoms.